The molecule has 0 amide bonds. The molecule has 6 aromatic rings. The third-order valence-corrected chi connectivity index (χ3v) is 11.2. The maximum absolute atomic E-state index is 14.6. The highest BCUT2D eigenvalue weighted by atomic mass is 35.5. The molecular weight excluding hydrogens is 839 g/mol. The second-order valence-electron chi connectivity index (χ2n) is 14.5. The number of ether oxygens (including phenoxy) is 2. The molecule has 2 aromatic carbocycles. The predicted octanol–water partition coefficient (Wildman–Crippen LogP) is 5.54. The lowest BCUT2D eigenvalue weighted by molar-refractivity contribution is -0.205. The van der Waals surface area contributed by atoms with Crippen LogP contribution >= 0.6 is 23.2 Å². The average molecular weight is 874 g/mol. The van der Waals surface area contributed by atoms with E-state index in [1.54, 1.807) is 0 Å². The first kappa shape index (κ1) is 42.2. The third kappa shape index (κ3) is 8.29. The zero-order valence-corrected chi connectivity index (χ0v) is 34.6. The quantitative estimate of drug-likeness (QED) is 0.0744. The molecule has 6 rings (SSSR count). The highest BCUT2D eigenvalue weighted by Crippen LogP contribution is 2.40. The van der Waals surface area contributed by atoms with E-state index in [0.29, 0.717) is 0 Å². The number of halogens is 2. The molecule has 0 saturated heterocycles. The smallest absolute Gasteiger partial charge is 0.394 e. The van der Waals surface area contributed by atoms with Crippen molar-refractivity contribution < 1.29 is 44.3 Å². The van der Waals surface area contributed by atoms with Crippen molar-refractivity contribution in [3.05, 3.63) is 108 Å². The number of hydrogen-bond acceptors (Lipinski definition) is 16. The van der Waals surface area contributed by atoms with E-state index in [1.165, 1.54) is 102 Å². The molecule has 0 spiro atoms. The number of aromatic nitrogens is 8. The maximum atomic E-state index is 14.6. The fourth-order valence-corrected chi connectivity index (χ4v) is 8.34. The van der Waals surface area contributed by atoms with Crippen LogP contribution in [-0.2, 0) is 50.0 Å². The fraction of sp³-hybridized carbons (Fsp3) is 0.278. The van der Waals surface area contributed by atoms with Crippen LogP contribution in [0.2, 0.25) is 10.3 Å². The summed E-state index contributed by atoms with van der Waals surface area (Å²) in [5, 5.41) is 7.48. The summed E-state index contributed by atoms with van der Waals surface area (Å²) in [5.74, 6) is -8.30. The van der Waals surface area contributed by atoms with Crippen molar-refractivity contribution in [3.8, 4) is 11.8 Å². The van der Waals surface area contributed by atoms with E-state index in [2.05, 4.69) is 30.1 Å². The Kier molecular flexibility index (Phi) is 11.2. The molecule has 0 aliphatic rings. The second-order valence-corrected chi connectivity index (χ2v) is 18.3. The van der Waals surface area contributed by atoms with E-state index < -0.39 is 64.2 Å². The third-order valence-electron chi connectivity index (χ3n) is 8.07. The number of hydrogen-bond donors (Lipinski definition) is 0. The Hall–Kier alpha value is -5.38. The molecule has 18 nitrogen and oxygen atoms in total. The number of benzene rings is 2. The Morgan fingerprint density at radius 3 is 1.24 bits per heavy atom. The van der Waals surface area contributed by atoms with Gasteiger partial charge in [0, 0.05) is 33.7 Å². The molecule has 0 saturated carbocycles. The van der Waals surface area contributed by atoms with Gasteiger partial charge in [-0.3, -0.25) is 9.59 Å². The van der Waals surface area contributed by atoms with Crippen LogP contribution in [0, 0.1) is 10.8 Å². The lowest BCUT2D eigenvalue weighted by atomic mass is 9.88. The van der Waals surface area contributed by atoms with Crippen LogP contribution in [0.5, 0.6) is 11.8 Å². The van der Waals surface area contributed by atoms with Gasteiger partial charge in [-0.2, -0.15) is 44.8 Å². The summed E-state index contributed by atoms with van der Waals surface area (Å²) < 4.78 is 83.4. The summed E-state index contributed by atoms with van der Waals surface area (Å²) in [6.07, 6.45) is 4.08. The fourth-order valence-electron chi connectivity index (χ4n) is 5.50. The Balaban J connectivity index is 1.51. The second kappa shape index (κ2) is 15.4. The number of nitrogens with zero attached hydrogens (tertiary/aromatic N) is 8. The minimum atomic E-state index is -5.17. The van der Waals surface area contributed by atoms with Gasteiger partial charge in [0.05, 0.1) is 0 Å². The van der Waals surface area contributed by atoms with Crippen molar-refractivity contribution in [3.63, 3.8) is 0 Å². The van der Waals surface area contributed by atoms with E-state index >= 15 is 0 Å². The molecule has 2 atom stereocenters. The highest BCUT2D eigenvalue weighted by Gasteiger charge is 2.56. The first-order valence-electron chi connectivity index (χ1n) is 17.0. The van der Waals surface area contributed by atoms with Gasteiger partial charge in [-0.15, -0.1) is 0 Å². The SMILES string of the molecule is CC(C)(C)C(=O)C(Oc1cccc(Cl)n1)(OS(=O)(=O)c1cccc2c(S(=O)(=O)OC(Oc3cccc(Cl)n3)(C(=O)C(C)(C)C)n3cncn3)cccc12)n1cncn1. The van der Waals surface area contributed by atoms with Crippen LogP contribution in [0.1, 0.15) is 41.5 Å². The van der Waals surface area contributed by atoms with Gasteiger partial charge in [0.15, 0.2) is 0 Å². The van der Waals surface area contributed by atoms with Crippen LogP contribution in [0.3, 0.4) is 0 Å². The molecule has 4 aromatic heterocycles. The summed E-state index contributed by atoms with van der Waals surface area (Å²) >= 11 is 12.2. The number of carbonyl (C=O) groups excluding carboxylic acids is 2. The summed E-state index contributed by atoms with van der Waals surface area (Å²) in [7, 11) is -10.3. The lowest BCUT2D eigenvalue weighted by Crippen LogP contribution is -2.55. The minimum absolute atomic E-state index is 0.0488. The largest absolute Gasteiger partial charge is 0.418 e. The van der Waals surface area contributed by atoms with Crippen molar-refractivity contribution >= 4 is 65.8 Å². The van der Waals surface area contributed by atoms with E-state index in [9.17, 15) is 26.4 Å². The molecule has 22 heteroatoms. The van der Waals surface area contributed by atoms with Crippen molar-refractivity contribution in [1.29, 1.82) is 0 Å². The van der Waals surface area contributed by atoms with E-state index in [-0.39, 0.29) is 32.8 Å². The number of pyridine rings is 2. The highest BCUT2D eigenvalue weighted by molar-refractivity contribution is 7.87. The van der Waals surface area contributed by atoms with Crippen LogP contribution in [0.25, 0.3) is 10.8 Å². The molecule has 2 unspecified atom stereocenters. The summed E-state index contributed by atoms with van der Waals surface area (Å²) in [6.45, 7) is 8.98. The minimum Gasteiger partial charge on any atom is -0.418 e. The van der Waals surface area contributed by atoms with Crippen LogP contribution in [0.15, 0.2) is 108 Å². The first-order valence-corrected chi connectivity index (χ1v) is 20.5. The molecule has 0 aliphatic heterocycles. The number of rotatable bonds is 14. The standard InChI is InChI=1S/C36H34Cl2N8O10S2/c1-33(2,3)31(47)35(45-21-39-19-41-45,53-29-17-9-15-27(37)43-29)55-57(49,50)25-13-7-12-24-23(25)11-8-14-26(24)58(51,52)56-36(32(48)34(4,5)6,46-22-40-20-42-46)54-30-18-10-16-28(38)44-30/h7-22H,1-6H3. The van der Waals surface area contributed by atoms with Gasteiger partial charge < -0.3 is 9.47 Å². The predicted molar refractivity (Wildman–Crippen MR) is 205 cm³/mol. The first-order chi connectivity index (χ1) is 27.1. The molecule has 0 aliphatic carbocycles. The summed E-state index contributed by atoms with van der Waals surface area (Å²) in [4.78, 5) is 43.3. The Morgan fingerprint density at radius 2 is 0.931 bits per heavy atom. The average Bonchev–Trinajstić information content (AvgIpc) is 3.89. The molecule has 0 N–H and O–H groups in total. The normalized spacial score (nSPS) is 14.7. The number of fused-ring (bicyclic) bond motifs is 1. The summed E-state index contributed by atoms with van der Waals surface area (Å²) in [6, 6.07) is 15.7. The van der Waals surface area contributed by atoms with Gasteiger partial charge in [0.1, 0.15) is 45.4 Å². The van der Waals surface area contributed by atoms with Crippen molar-refractivity contribution in [1.82, 2.24) is 39.5 Å². The Morgan fingerprint density at radius 1 is 0.569 bits per heavy atom. The summed E-state index contributed by atoms with van der Waals surface area (Å²) in [5.41, 5.74) is -2.69. The van der Waals surface area contributed by atoms with Crippen molar-refractivity contribution in [2.24, 2.45) is 10.8 Å². The molecule has 58 heavy (non-hydrogen) atoms. The topological polar surface area (TPSA) is 227 Å². The molecule has 0 bridgehead atoms. The van der Waals surface area contributed by atoms with E-state index in [0.717, 1.165) is 46.8 Å². The van der Waals surface area contributed by atoms with Gasteiger partial charge in [-0.25, -0.2) is 19.9 Å². The van der Waals surface area contributed by atoms with Crippen LogP contribution < -0.4 is 9.47 Å². The number of carbonyl (C=O) groups is 2. The molecule has 4 heterocycles. The van der Waals surface area contributed by atoms with Gasteiger partial charge in [0.2, 0.25) is 23.3 Å². The maximum Gasteiger partial charge on any atom is 0.394 e. The van der Waals surface area contributed by atoms with Gasteiger partial charge in [-0.05, 0) is 24.3 Å². The van der Waals surface area contributed by atoms with Gasteiger partial charge >= 0.3 is 32.1 Å². The lowest BCUT2D eigenvalue weighted by Gasteiger charge is -2.35. The van der Waals surface area contributed by atoms with E-state index in [1.807, 2.05) is 0 Å². The molecule has 0 radical (unpaired) electrons. The van der Waals surface area contributed by atoms with Crippen molar-refractivity contribution in [2.45, 2.75) is 63.2 Å². The van der Waals surface area contributed by atoms with Crippen LogP contribution in [-0.4, -0.2) is 67.9 Å². The van der Waals surface area contributed by atoms with Crippen LogP contribution in [0.4, 0.5) is 0 Å². The molecule has 304 valence electrons. The molecular formula is C36H34Cl2N8O10S2. The Bertz CT molecular complexity index is 2540. The van der Waals surface area contributed by atoms with Gasteiger partial charge in [-0.1, -0.05) is 101 Å². The Labute approximate surface area is 342 Å². The van der Waals surface area contributed by atoms with Gasteiger partial charge in [0.25, 0.3) is 0 Å². The molecule has 0 fully saturated rings. The van der Waals surface area contributed by atoms with E-state index in [4.69, 9.17) is 41.0 Å². The number of Topliss-reactive ketones (excluding diaryl/α,β-unsaturated/α-hetero) is 2. The van der Waals surface area contributed by atoms with Crippen molar-refractivity contribution in [2.75, 3.05) is 0 Å². The number of ketones is 2. The zero-order valence-electron chi connectivity index (χ0n) is 31.5. The monoisotopic (exact) mass is 872 g/mol. The zero-order chi connectivity index (χ0) is 42.3.